The summed E-state index contributed by atoms with van der Waals surface area (Å²) in [5.74, 6) is 0.427. The van der Waals surface area contributed by atoms with Gasteiger partial charge in [0.15, 0.2) is 5.40 Å². The van der Waals surface area contributed by atoms with E-state index >= 15 is 0 Å². The first-order valence-corrected chi connectivity index (χ1v) is 11.3. The second kappa shape index (κ2) is 10.8. The second-order valence-electron chi connectivity index (χ2n) is 8.28. The summed E-state index contributed by atoms with van der Waals surface area (Å²) in [5, 5.41) is 11.3. The van der Waals surface area contributed by atoms with Crippen LogP contribution in [0.4, 0.5) is 4.39 Å². The summed E-state index contributed by atoms with van der Waals surface area (Å²) in [5.41, 5.74) is 2.29. The Labute approximate surface area is 177 Å². The van der Waals surface area contributed by atoms with Gasteiger partial charge in [0.1, 0.15) is 5.82 Å². The quantitative estimate of drug-likeness (QED) is 0.343. The minimum atomic E-state index is -0.203. The molecule has 4 nitrogen and oxygen atoms in total. The topological polar surface area (TPSA) is 47.3 Å². The fraction of sp³-hybridized carbons (Fsp3) is 0.565. The van der Waals surface area contributed by atoms with Crippen molar-refractivity contribution in [3.05, 3.63) is 47.8 Å². The minimum absolute atomic E-state index is 0.0704. The third-order valence-corrected chi connectivity index (χ3v) is 6.84. The van der Waals surface area contributed by atoms with Crippen LogP contribution >= 0.6 is 11.9 Å². The Morgan fingerprint density at radius 1 is 1.41 bits per heavy atom. The van der Waals surface area contributed by atoms with Crippen LogP contribution in [0, 0.1) is 22.4 Å². The first kappa shape index (κ1) is 21.9. The molecule has 2 atom stereocenters. The van der Waals surface area contributed by atoms with Crippen molar-refractivity contribution in [2.45, 2.75) is 57.4 Å². The molecule has 1 aliphatic carbocycles. The lowest BCUT2D eigenvalue weighted by atomic mass is 9.83. The highest BCUT2D eigenvalue weighted by molar-refractivity contribution is 8.02. The molecule has 1 saturated heterocycles. The van der Waals surface area contributed by atoms with Gasteiger partial charge in [-0.2, -0.15) is 5.26 Å². The largest absolute Gasteiger partial charge is 0.301 e. The van der Waals surface area contributed by atoms with E-state index in [4.69, 9.17) is 0 Å². The average molecular weight is 416 g/mol. The number of hydrogen-bond donors (Lipinski definition) is 0. The van der Waals surface area contributed by atoms with Crippen LogP contribution in [-0.4, -0.2) is 40.8 Å². The number of hydrogen-bond acceptors (Lipinski definition) is 4. The van der Waals surface area contributed by atoms with E-state index in [0.717, 1.165) is 69.2 Å². The Morgan fingerprint density at radius 2 is 2.28 bits per heavy atom. The van der Waals surface area contributed by atoms with E-state index in [-0.39, 0.29) is 17.8 Å². The lowest BCUT2D eigenvalue weighted by molar-refractivity contribution is -0.127. The molecule has 3 rings (SSSR count). The number of thiocyanates is 1. The fourth-order valence-corrected chi connectivity index (χ4v) is 5.10. The Balaban J connectivity index is 1.47. The normalized spacial score (nSPS) is 22.4. The van der Waals surface area contributed by atoms with E-state index in [1.807, 2.05) is 6.07 Å². The van der Waals surface area contributed by atoms with Crippen LogP contribution in [0.1, 0.15) is 50.5 Å². The lowest BCUT2D eigenvalue weighted by Gasteiger charge is -2.27. The predicted molar refractivity (Wildman–Crippen MR) is 115 cm³/mol. The molecule has 0 radical (unpaired) electrons. The maximum atomic E-state index is 13.3. The van der Waals surface area contributed by atoms with E-state index < -0.39 is 0 Å². The minimum Gasteiger partial charge on any atom is -0.301 e. The molecule has 1 amide bonds. The van der Waals surface area contributed by atoms with Gasteiger partial charge in [-0.25, -0.2) is 4.39 Å². The maximum Gasteiger partial charge on any atom is 0.233 e. The molecule has 6 heteroatoms. The van der Waals surface area contributed by atoms with Gasteiger partial charge in [-0.15, -0.1) is 0 Å². The third kappa shape index (κ3) is 6.58. The van der Waals surface area contributed by atoms with Crippen LogP contribution in [0.5, 0.6) is 0 Å². The van der Waals surface area contributed by atoms with Gasteiger partial charge in [0.2, 0.25) is 5.91 Å². The van der Waals surface area contributed by atoms with Gasteiger partial charge >= 0.3 is 0 Å². The van der Waals surface area contributed by atoms with Crippen LogP contribution in [0.15, 0.2) is 36.4 Å². The maximum absolute atomic E-state index is 13.3. The molecular weight excluding hydrogens is 385 g/mol. The Kier molecular flexibility index (Phi) is 8.14. The van der Waals surface area contributed by atoms with Crippen molar-refractivity contribution >= 4 is 17.9 Å². The molecular formula is C23H30FN3OS. The van der Waals surface area contributed by atoms with Crippen molar-refractivity contribution < 1.29 is 9.18 Å². The van der Waals surface area contributed by atoms with Crippen molar-refractivity contribution in [3.8, 4) is 5.40 Å². The zero-order chi connectivity index (χ0) is 20.6. The van der Waals surface area contributed by atoms with Crippen molar-refractivity contribution in [1.82, 2.24) is 9.21 Å². The van der Waals surface area contributed by atoms with Crippen molar-refractivity contribution in [2.24, 2.45) is 5.92 Å². The Hall–Kier alpha value is -1.84. The zero-order valence-electron chi connectivity index (χ0n) is 17.0. The smallest absolute Gasteiger partial charge is 0.233 e. The highest BCUT2D eigenvalue weighted by Gasteiger charge is 2.31. The number of allylic oxidation sites excluding steroid dienone is 1. The summed E-state index contributed by atoms with van der Waals surface area (Å²) >= 11 is 0.983. The molecule has 0 bridgehead atoms. The SMILES string of the molecule is C=C1CCCC(CCC(=O)N(SC#N)C2CCN(CCc3cccc(F)c3)C2)C1. The number of amides is 1. The monoisotopic (exact) mass is 415 g/mol. The summed E-state index contributed by atoms with van der Waals surface area (Å²) in [4.78, 5) is 15.1. The fourth-order valence-electron chi connectivity index (χ4n) is 4.50. The number of carbonyl (C=O) groups excluding carboxylic acids is 1. The van der Waals surface area contributed by atoms with Crippen molar-refractivity contribution in [2.75, 3.05) is 19.6 Å². The van der Waals surface area contributed by atoms with E-state index in [0.29, 0.717) is 12.3 Å². The number of carbonyl (C=O) groups is 1. The first-order valence-electron chi connectivity index (χ1n) is 10.6. The molecule has 29 heavy (non-hydrogen) atoms. The van der Waals surface area contributed by atoms with E-state index in [9.17, 15) is 14.4 Å². The molecule has 0 spiro atoms. The number of nitrogens with zero attached hydrogens (tertiary/aromatic N) is 3. The van der Waals surface area contributed by atoms with Gasteiger partial charge in [-0.1, -0.05) is 24.3 Å². The molecule has 1 aromatic carbocycles. The van der Waals surface area contributed by atoms with Gasteiger partial charge in [-0.3, -0.25) is 9.10 Å². The molecule has 2 aliphatic rings. The number of nitriles is 1. The molecule has 156 valence electrons. The highest BCUT2D eigenvalue weighted by Crippen LogP contribution is 2.31. The summed E-state index contributed by atoms with van der Waals surface area (Å²) in [6, 6.07) is 6.79. The second-order valence-corrected chi connectivity index (χ2v) is 9.03. The number of halogens is 1. The van der Waals surface area contributed by atoms with Crippen LogP contribution < -0.4 is 0 Å². The van der Waals surface area contributed by atoms with Gasteiger partial charge < -0.3 is 4.90 Å². The molecule has 1 saturated carbocycles. The molecule has 2 unspecified atom stereocenters. The van der Waals surface area contributed by atoms with Crippen molar-refractivity contribution in [1.29, 1.82) is 5.26 Å². The summed E-state index contributed by atoms with van der Waals surface area (Å²) in [6.45, 7) is 6.61. The summed E-state index contributed by atoms with van der Waals surface area (Å²) in [6.07, 6.45) is 7.57. The number of likely N-dealkylation sites (tertiary alicyclic amines) is 1. The van der Waals surface area contributed by atoms with Gasteiger partial charge in [0.25, 0.3) is 0 Å². The highest BCUT2D eigenvalue weighted by atomic mass is 32.2. The standard InChI is InChI=1S/C23H30FN3OS/c1-18-4-2-5-19(14-18)8-9-23(28)27(29-17-25)22-11-13-26(16-22)12-10-20-6-3-7-21(24)15-20/h3,6-7,15,19,22H,1-2,4-5,8-14,16H2. The van der Waals surface area contributed by atoms with Crippen LogP contribution in [0.2, 0.25) is 0 Å². The van der Waals surface area contributed by atoms with Crippen LogP contribution in [0.3, 0.4) is 0 Å². The van der Waals surface area contributed by atoms with Crippen LogP contribution in [-0.2, 0) is 11.2 Å². The predicted octanol–water partition coefficient (Wildman–Crippen LogP) is 4.93. The third-order valence-electron chi connectivity index (χ3n) is 6.06. The van der Waals surface area contributed by atoms with Crippen LogP contribution in [0.25, 0.3) is 0 Å². The molecule has 1 heterocycles. The first-order chi connectivity index (χ1) is 14.0. The van der Waals surface area contributed by atoms with Gasteiger partial charge in [0.05, 0.1) is 18.0 Å². The molecule has 0 aromatic heterocycles. The van der Waals surface area contributed by atoms with Crippen molar-refractivity contribution in [3.63, 3.8) is 0 Å². The number of rotatable bonds is 8. The van der Waals surface area contributed by atoms with Gasteiger partial charge in [-0.05, 0) is 68.6 Å². The zero-order valence-corrected chi connectivity index (χ0v) is 17.8. The van der Waals surface area contributed by atoms with E-state index in [1.54, 1.807) is 16.4 Å². The number of benzene rings is 1. The van der Waals surface area contributed by atoms with Gasteiger partial charge in [0, 0.05) is 26.1 Å². The Morgan fingerprint density at radius 3 is 3.03 bits per heavy atom. The molecule has 1 aromatic rings. The molecule has 2 fully saturated rings. The average Bonchev–Trinajstić information content (AvgIpc) is 3.17. The van der Waals surface area contributed by atoms with E-state index in [2.05, 4.69) is 16.9 Å². The molecule has 0 N–H and O–H groups in total. The molecule has 1 aliphatic heterocycles. The Bertz CT molecular complexity index is 763. The lowest BCUT2D eigenvalue weighted by Crippen LogP contribution is -2.37. The summed E-state index contributed by atoms with van der Waals surface area (Å²) in [7, 11) is 0. The van der Waals surface area contributed by atoms with E-state index in [1.165, 1.54) is 24.5 Å². The summed E-state index contributed by atoms with van der Waals surface area (Å²) < 4.78 is 15.0.